The number of hydrogen-bond donors (Lipinski definition) is 1. The Balaban J connectivity index is 1.56. The highest BCUT2D eigenvalue weighted by molar-refractivity contribution is 7.90. The average Bonchev–Trinajstić information content (AvgIpc) is 3.45. The van der Waals surface area contributed by atoms with Gasteiger partial charge in [0.15, 0.2) is 5.69 Å². The summed E-state index contributed by atoms with van der Waals surface area (Å²) in [6, 6.07) is 12.3. The molecule has 1 N–H and O–H groups in total. The molecule has 1 unspecified atom stereocenters. The lowest BCUT2D eigenvalue weighted by Gasteiger charge is -2.14. The summed E-state index contributed by atoms with van der Waals surface area (Å²) in [6.45, 7) is 4.50. The van der Waals surface area contributed by atoms with E-state index in [1.807, 2.05) is 6.92 Å². The molecule has 0 spiro atoms. The van der Waals surface area contributed by atoms with Crippen LogP contribution < -0.4 is 4.72 Å². The molecule has 0 saturated carbocycles. The van der Waals surface area contributed by atoms with Gasteiger partial charge in [-0.25, -0.2) is 27.4 Å². The number of hydrogen-bond acceptors (Lipinski definition) is 11. The van der Waals surface area contributed by atoms with E-state index in [2.05, 4.69) is 19.8 Å². The van der Waals surface area contributed by atoms with Crippen LogP contribution >= 0.6 is 0 Å². The number of benzene rings is 2. The van der Waals surface area contributed by atoms with Gasteiger partial charge < -0.3 is 19.4 Å². The Morgan fingerprint density at radius 1 is 1.13 bits per heavy atom. The molecule has 15 nitrogen and oxygen atoms in total. The molecule has 3 aromatic rings. The van der Waals surface area contributed by atoms with Crippen molar-refractivity contribution in [1.29, 1.82) is 0 Å². The van der Waals surface area contributed by atoms with Crippen molar-refractivity contribution in [2.75, 3.05) is 26.8 Å². The summed E-state index contributed by atoms with van der Waals surface area (Å²) in [7, 11) is -3.08. The first-order valence-electron chi connectivity index (χ1n) is 13.5. The second-order valence-electron chi connectivity index (χ2n) is 9.47. The normalized spacial score (nSPS) is 12.6. The van der Waals surface area contributed by atoms with E-state index in [1.165, 1.54) is 26.1 Å². The van der Waals surface area contributed by atoms with Gasteiger partial charge in [0, 0.05) is 18.9 Å². The Bertz CT molecular complexity index is 1630. The van der Waals surface area contributed by atoms with Gasteiger partial charge in [0.1, 0.15) is 0 Å². The number of carbonyl (C=O) groups excluding carboxylic acids is 2. The molecule has 0 saturated heterocycles. The number of carbonyl (C=O) groups is 2. The molecule has 19 heteroatoms. The van der Waals surface area contributed by atoms with Gasteiger partial charge in [0.05, 0.1) is 48.1 Å². The van der Waals surface area contributed by atoms with Crippen LogP contribution in [0.25, 0.3) is 16.9 Å². The van der Waals surface area contributed by atoms with Crippen molar-refractivity contribution in [3.63, 3.8) is 0 Å². The van der Waals surface area contributed by atoms with Gasteiger partial charge in [-0.2, -0.15) is 18.3 Å². The molecule has 1 heterocycles. The number of alkyl halides is 3. The monoisotopic (exact) mass is 672 g/mol. The fourth-order valence-corrected chi connectivity index (χ4v) is 4.52. The number of halogens is 3. The summed E-state index contributed by atoms with van der Waals surface area (Å²) in [6.07, 6.45) is -8.15. The molecular weight excluding hydrogens is 641 g/mol. The number of rotatable bonds is 13. The van der Waals surface area contributed by atoms with E-state index in [0.29, 0.717) is 5.56 Å². The molecule has 0 radical (unpaired) electrons. The molecule has 0 aliphatic rings. The van der Waals surface area contributed by atoms with Crippen LogP contribution in [0.3, 0.4) is 0 Å². The Hall–Kier alpha value is -5.07. The van der Waals surface area contributed by atoms with Crippen LogP contribution in [-0.2, 0) is 35.2 Å². The third-order valence-corrected chi connectivity index (χ3v) is 7.23. The molecule has 250 valence electrons. The van der Waals surface area contributed by atoms with Gasteiger partial charge in [-0.3, -0.25) is 4.84 Å². The standard InChI is InChI=1S/C27H31F3N6O9S/c1-5-42-26(38)44-19(3)45-33-36(39)34(4)15-6-16-43-25(37)32-46(40,41)22-13-11-21(12-14-22)35-23(17-24(31-35)27(28,29)30)20-9-7-18(2)8-10-20/h7-14,17,19H,5-6,15-16H2,1-4H3,(H,32,37)/b36-33-. The van der Waals surface area contributed by atoms with Gasteiger partial charge in [0.2, 0.25) is 5.28 Å². The number of sulfonamides is 1. The van der Waals surface area contributed by atoms with Gasteiger partial charge in [-0.15, -0.1) is 5.01 Å². The van der Waals surface area contributed by atoms with E-state index in [1.54, 1.807) is 35.9 Å². The fraction of sp³-hybridized carbons (Fsp3) is 0.370. The zero-order valence-electron chi connectivity index (χ0n) is 25.1. The first-order chi connectivity index (χ1) is 21.6. The predicted octanol–water partition coefficient (Wildman–Crippen LogP) is 4.93. The Morgan fingerprint density at radius 3 is 2.39 bits per heavy atom. The number of ether oxygens (including phenoxy) is 3. The maximum atomic E-state index is 13.5. The number of nitrogens with one attached hydrogen (secondary N) is 1. The highest BCUT2D eigenvalue weighted by Crippen LogP contribution is 2.33. The van der Waals surface area contributed by atoms with Gasteiger partial charge in [0.25, 0.3) is 16.3 Å². The SMILES string of the molecule is CCOC(=O)OC(C)O/N=[N+](\[O-])N(C)CCCOC(=O)NS(=O)(=O)c1ccc(-n2nc(C(F)(F)F)cc2-c2ccc(C)cc2)cc1. The minimum absolute atomic E-state index is 0.000968. The summed E-state index contributed by atoms with van der Waals surface area (Å²) >= 11 is 0. The summed E-state index contributed by atoms with van der Waals surface area (Å²) in [5.74, 6) is 0. The molecule has 1 atom stereocenters. The van der Waals surface area contributed by atoms with Crippen molar-refractivity contribution in [2.24, 2.45) is 5.28 Å². The third kappa shape index (κ3) is 9.98. The van der Waals surface area contributed by atoms with Gasteiger partial charge >= 0.3 is 18.4 Å². The third-order valence-electron chi connectivity index (χ3n) is 5.90. The van der Waals surface area contributed by atoms with Crippen LogP contribution in [0.2, 0.25) is 0 Å². The molecule has 46 heavy (non-hydrogen) atoms. The second-order valence-corrected chi connectivity index (χ2v) is 11.2. The molecular formula is C27H31F3N6O9S. The van der Waals surface area contributed by atoms with Crippen LogP contribution in [0, 0.1) is 12.1 Å². The summed E-state index contributed by atoms with van der Waals surface area (Å²) in [5, 5.41) is 19.8. The van der Waals surface area contributed by atoms with Crippen LogP contribution in [0.5, 0.6) is 0 Å². The topological polar surface area (TPSA) is 177 Å². The minimum Gasteiger partial charge on any atom is -0.569 e. The van der Waals surface area contributed by atoms with Crippen molar-refractivity contribution in [3.05, 3.63) is 71.1 Å². The van der Waals surface area contributed by atoms with Crippen molar-refractivity contribution < 1.29 is 55.2 Å². The summed E-state index contributed by atoms with van der Waals surface area (Å²) in [4.78, 5) is 27.7. The number of aryl methyl sites for hydroxylation is 1. The second kappa shape index (κ2) is 15.3. The zero-order valence-corrected chi connectivity index (χ0v) is 25.9. The summed E-state index contributed by atoms with van der Waals surface area (Å²) in [5.41, 5.74) is 0.509. The molecule has 0 aliphatic carbocycles. The molecule has 1 aromatic heterocycles. The summed E-state index contributed by atoms with van der Waals surface area (Å²) < 4.78 is 82.7. The van der Waals surface area contributed by atoms with Crippen molar-refractivity contribution >= 4 is 22.3 Å². The lowest BCUT2D eigenvalue weighted by atomic mass is 10.1. The number of aromatic nitrogens is 2. The number of hydrazine groups is 1. The van der Waals surface area contributed by atoms with Gasteiger partial charge in [-0.1, -0.05) is 29.8 Å². The first kappa shape index (κ1) is 35.4. The maximum Gasteiger partial charge on any atom is 0.511 e. The number of amides is 1. The van der Waals surface area contributed by atoms with Crippen molar-refractivity contribution in [2.45, 2.75) is 44.6 Å². The van der Waals surface area contributed by atoms with E-state index in [0.717, 1.165) is 33.5 Å². The smallest absolute Gasteiger partial charge is 0.511 e. The van der Waals surface area contributed by atoms with Crippen molar-refractivity contribution in [3.8, 4) is 16.9 Å². The van der Waals surface area contributed by atoms with E-state index in [-0.39, 0.29) is 47.4 Å². The largest absolute Gasteiger partial charge is 0.569 e. The molecule has 2 aromatic carbocycles. The minimum atomic E-state index is -4.72. The van der Waals surface area contributed by atoms with E-state index in [9.17, 15) is 36.4 Å². The van der Waals surface area contributed by atoms with Crippen LogP contribution in [0.1, 0.15) is 31.5 Å². The fourth-order valence-electron chi connectivity index (χ4n) is 3.63. The molecule has 0 aliphatic heterocycles. The van der Waals surface area contributed by atoms with Gasteiger partial charge in [-0.05, 0) is 44.2 Å². The first-order valence-corrected chi connectivity index (χ1v) is 15.0. The van der Waals surface area contributed by atoms with Crippen LogP contribution in [0.4, 0.5) is 22.8 Å². The Kier molecular flexibility index (Phi) is 11.8. The van der Waals surface area contributed by atoms with Crippen LogP contribution in [0.15, 0.2) is 64.8 Å². The zero-order chi connectivity index (χ0) is 34.1. The lowest BCUT2D eigenvalue weighted by molar-refractivity contribution is -0.707. The quantitative estimate of drug-likeness (QED) is 0.0650. The van der Waals surface area contributed by atoms with Crippen LogP contribution in [-0.4, -0.2) is 73.5 Å². The number of nitrogens with zero attached hydrogens (tertiary/aromatic N) is 5. The highest BCUT2D eigenvalue weighted by Gasteiger charge is 2.35. The molecule has 3 rings (SSSR count). The molecule has 1 amide bonds. The van der Waals surface area contributed by atoms with E-state index < -0.39 is 40.4 Å². The highest BCUT2D eigenvalue weighted by atomic mass is 32.2. The molecule has 0 fully saturated rings. The Morgan fingerprint density at radius 2 is 1.78 bits per heavy atom. The van der Waals surface area contributed by atoms with Crippen molar-refractivity contribution in [1.82, 2.24) is 19.5 Å². The average molecular weight is 673 g/mol. The predicted molar refractivity (Wildman–Crippen MR) is 152 cm³/mol. The van der Waals surface area contributed by atoms with E-state index in [4.69, 9.17) is 9.57 Å². The molecule has 0 bridgehead atoms. The maximum absolute atomic E-state index is 13.5. The van der Waals surface area contributed by atoms with E-state index >= 15 is 0 Å². The Labute approximate surface area is 261 Å². The lowest BCUT2D eigenvalue weighted by Crippen LogP contribution is -2.32.